The van der Waals surface area contributed by atoms with E-state index in [9.17, 15) is 18.0 Å². The van der Waals surface area contributed by atoms with Gasteiger partial charge in [-0.3, -0.25) is 9.78 Å². The van der Waals surface area contributed by atoms with Gasteiger partial charge >= 0.3 is 6.18 Å². The Morgan fingerprint density at radius 1 is 1.36 bits per heavy atom. The number of aromatic nitrogens is 3. The lowest BCUT2D eigenvalue weighted by Crippen LogP contribution is -2.26. The standard InChI is InChI=1S/C16H19F3N4OS/c1-12-14(11-23(21-12)13-4-3-7-20-10-13)22(2)15(24)5-8-25-9-6-16(17,18)19/h3-4,7,10-11H,5-6,8-9H2,1-2H3. The second-order valence-electron chi connectivity index (χ2n) is 5.44. The van der Waals surface area contributed by atoms with E-state index in [4.69, 9.17) is 0 Å². The van der Waals surface area contributed by atoms with Crippen molar-refractivity contribution in [1.82, 2.24) is 14.8 Å². The summed E-state index contributed by atoms with van der Waals surface area (Å²) in [5.41, 5.74) is 2.12. The van der Waals surface area contributed by atoms with E-state index in [1.165, 1.54) is 4.90 Å². The van der Waals surface area contributed by atoms with E-state index in [-0.39, 0.29) is 18.1 Å². The predicted molar refractivity (Wildman–Crippen MR) is 92.1 cm³/mol. The largest absolute Gasteiger partial charge is 0.389 e. The first-order valence-corrected chi connectivity index (χ1v) is 8.81. The van der Waals surface area contributed by atoms with Gasteiger partial charge in [-0.15, -0.1) is 0 Å². The van der Waals surface area contributed by atoms with E-state index in [0.29, 0.717) is 17.1 Å². The van der Waals surface area contributed by atoms with E-state index >= 15 is 0 Å². The quantitative estimate of drug-likeness (QED) is 0.697. The van der Waals surface area contributed by atoms with Crippen LogP contribution >= 0.6 is 11.8 Å². The van der Waals surface area contributed by atoms with Gasteiger partial charge in [-0.25, -0.2) is 4.68 Å². The van der Waals surface area contributed by atoms with E-state index in [1.807, 2.05) is 6.07 Å². The van der Waals surface area contributed by atoms with Crippen LogP contribution in [0.25, 0.3) is 5.69 Å². The number of amides is 1. The molecule has 0 aliphatic rings. The van der Waals surface area contributed by atoms with Crippen molar-refractivity contribution in [2.45, 2.75) is 25.9 Å². The molecule has 2 heterocycles. The van der Waals surface area contributed by atoms with Crippen LogP contribution in [0, 0.1) is 6.92 Å². The number of pyridine rings is 1. The van der Waals surface area contributed by atoms with Crippen molar-refractivity contribution in [1.29, 1.82) is 0 Å². The van der Waals surface area contributed by atoms with Gasteiger partial charge in [-0.1, -0.05) is 0 Å². The third-order valence-electron chi connectivity index (χ3n) is 3.51. The maximum Gasteiger partial charge on any atom is 0.389 e. The molecule has 0 aliphatic heterocycles. The average Bonchev–Trinajstić information content (AvgIpc) is 2.95. The van der Waals surface area contributed by atoms with E-state index in [0.717, 1.165) is 17.4 Å². The van der Waals surface area contributed by atoms with Gasteiger partial charge in [0.1, 0.15) is 0 Å². The Labute approximate surface area is 148 Å². The van der Waals surface area contributed by atoms with Crippen molar-refractivity contribution in [2.75, 3.05) is 23.5 Å². The number of alkyl halides is 3. The molecule has 0 atom stereocenters. The van der Waals surface area contributed by atoms with Gasteiger partial charge in [0.25, 0.3) is 0 Å². The van der Waals surface area contributed by atoms with Gasteiger partial charge in [0.2, 0.25) is 5.91 Å². The van der Waals surface area contributed by atoms with Crippen molar-refractivity contribution in [3.8, 4) is 5.69 Å². The fourth-order valence-corrected chi connectivity index (χ4v) is 3.05. The Hall–Kier alpha value is -2.03. The molecule has 0 N–H and O–H groups in total. The lowest BCUT2D eigenvalue weighted by Gasteiger charge is -2.16. The lowest BCUT2D eigenvalue weighted by molar-refractivity contribution is -0.129. The van der Waals surface area contributed by atoms with Gasteiger partial charge in [0.05, 0.1) is 35.9 Å². The number of thioether (sulfide) groups is 1. The molecule has 0 radical (unpaired) electrons. The van der Waals surface area contributed by atoms with Crippen LogP contribution in [0.2, 0.25) is 0 Å². The van der Waals surface area contributed by atoms with E-state index in [1.54, 1.807) is 43.3 Å². The van der Waals surface area contributed by atoms with Crippen molar-refractivity contribution in [3.05, 3.63) is 36.4 Å². The van der Waals surface area contributed by atoms with Crippen molar-refractivity contribution in [3.63, 3.8) is 0 Å². The third-order valence-corrected chi connectivity index (χ3v) is 4.49. The van der Waals surface area contributed by atoms with Crippen LogP contribution in [0.1, 0.15) is 18.5 Å². The fraction of sp³-hybridized carbons (Fsp3) is 0.438. The second kappa shape index (κ2) is 8.37. The fourth-order valence-electron chi connectivity index (χ4n) is 2.15. The summed E-state index contributed by atoms with van der Waals surface area (Å²) < 4.78 is 37.9. The van der Waals surface area contributed by atoms with E-state index in [2.05, 4.69) is 10.1 Å². The monoisotopic (exact) mass is 372 g/mol. The SMILES string of the molecule is Cc1nn(-c2cccnc2)cc1N(C)C(=O)CCSCCC(F)(F)F. The summed E-state index contributed by atoms with van der Waals surface area (Å²) in [7, 11) is 1.64. The number of carbonyl (C=O) groups excluding carboxylic acids is 1. The Kier molecular flexibility index (Phi) is 6.46. The number of carbonyl (C=O) groups is 1. The minimum atomic E-state index is -4.15. The van der Waals surface area contributed by atoms with E-state index < -0.39 is 12.6 Å². The van der Waals surface area contributed by atoms with Crippen molar-refractivity contribution in [2.24, 2.45) is 0 Å². The lowest BCUT2D eigenvalue weighted by atomic mass is 10.3. The molecule has 0 spiro atoms. The van der Waals surface area contributed by atoms with Crippen LogP contribution in [-0.2, 0) is 4.79 Å². The van der Waals surface area contributed by atoms with Crippen LogP contribution in [-0.4, -0.2) is 45.4 Å². The molecular weight excluding hydrogens is 353 g/mol. The molecule has 1 amide bonds. The normalized spacial score (nSPS) is 11.6. The highest BCUT2D eigenvalue weighted by Crippen LogP contribution is 2.23. The predicted octanol–water partition coefficient (Wildman–Crippen LogP) is 3.61. The zero-order valence-corrected chi connectivity index (χ0v) is 14.8. The van der Waals surface area contributed by atoms with Gasteiger partial charge in [0.15, 0.2) is 0 Å². The molecule has 25 heavy (non-hydrogen) atoms. The number of rotatable bonds is 7. The van der Waals surface area contributed by atoms with Gasteiger partial charge < -0.3 is 4.90 Å². The third kappa shape index (κ3) is 5.77. The molecular formula is C16H19F3N4OS. The number of hydrogen-bond donors (Lipinski definition) is 0. The summed E-state index contributed by atoms with van der Waals surface area (Å²) >= 11 is 1.13. The summed E-state index contributed by atoms with van der Waals surface area (Å²) in [6.45, 7) is 1.80. The van der Waals surface area contributed by atoms with Crippen LogP contribution in [0.5, 0.6) is 0 Å². The first-order valence-electron chi connectivity index (χ1n) is 7.65. The molecule has 2 aromatic rings. The van der Waals surface area contributed by atoms with Crippen molar-refractivity contribution < 1.29 is 18.0 Å². The Bertz CT molecular complexity index is 703. The Morgan fingerprint density at radius 2 is 2.12 bits per heavy atom. The first kappa shape index (κ1) is 19.3. The number of nitrogens with zero attached hydrogens (tertiary/aromatic N) is 4. The van der Waals surface area contributed by atoms with Gasteiger partial charge in [0, 0.05) is 31.2 Å². The average molecular weight is 372 g/mol. The molecule has 2 rings (SSSR count). The minimum Gasteiger partial charge on any atom is -0.312 e. The molecule has 5 nitrogen and oxygen atoms in total. The van der Waals surface area contributed by atoms with Crippen LogP contribution < -0.4 is 4.90 Å². The second-order valence-corrected chi connectivity index (χ2v) is 6.66. The Morgan fingerprint density at radius 3 is 2.76 bits per heavy atom. The summed E-state index contributed by atoms with van der Waals surface area (Å²) in [5, 5.41) is 4.37. The first-order chi connectivity index (χ1) is 11.8. The molecule has 0 unspecified atom stereocenters. The minimum absolute atomic E-state index is 0.0293. The molecule has 2 aromatic heterocycles. The highest BCUT2D eigenvalue weighted by atomic mass is 32.2. The zero-order valence-electron chi connectivity index (χ0n) is 14.0. The molecule has 0 saturated carbocycles. The summed E-state index contributed by atoms with van der Waals surface area (Å²) in [6.07, 6.45) is 0.254. The number of aryl methyl sites for hydroxylation is 1. The molecule has 0 aliphatic carbocycles. The molecule has 136 valence electrons. The van der Waals surface area contributed by atoms with Crippen molar-refractivity contribution >= 4 is 23.4 Å². The highest BCUT2D eigenvalue weighted by molar-refractivity contribution is 7.99. The molecule has 0 bridgehead atoms. The molecule has 9 heteroatoms. The van der Waals surface area contributed by atoms with Crippen LogP contribution in [0.4, 0.5) is 18.9 Å². The highest BCUT2D eigenvalue weighted by Gasteiger charge is 2.26. The maximum absolute atomic E-state index is 12.2. The summed E-state index contributed by atoms with van der Waals surface area (Å²) in [6, 6.07) is 3.64. The maximum atomic E-state index is 12.2. The van der Waals surface area contributed by atoms with Crippen LogP contribution in [0.15, 0.2) is 30.7 Å². The zero-order chi connectivity index (χ0) is 18.4. The van der Waals surface area contributed by atoms with Gasteiger partial charge in [-0.05, 0) is 19.1 Å². The smallest absolute Gasteiger partial charge is 0.312 e. The Balaban J connectivity index is 1.90. The molecule has 0 fully saturated rings. The number of hydrogen-bond acceptors (Lipinski definition) is 4. The molecule has 0 saturated heterocycles. The van der Waals surface area contributed by atoms with Gasteiger partial charge in [-0.2, -0.15) is 30.0 Å². The topological polar surface area (TPSA) is 51.0 Å². The summed E-state index contributed by atoms with van der Waals surface area (Å²) in [4.78, 5) is 17.8. The van der Waals surface area contributed by atoms with Crippen LogP contribution in [0.3, 0.4) is 0 Å². The summed E-state index contributed by atoms with van der Waals surface area (Å²) in [5.74, 6) is 0.168. The molecule has 0 aromatic carbocycles. The number of halogens is 3. The number of anilines is 1.